The maximum absolute atomic E-state index is 2.47. The lowest BCUT2D eigenvalue weighted by molar-refractivity contribution is 0.153. The second kappa shape index (κ2) is 9.04. The van der Waals surface area contributed by atoms with Gasteiger partial charge in [0.05, 0.1) is 0 Å². The molecule has 1 heteroatoms. The Kier molecular flexibility index (Phi) is 9.02. The summed E-state index contributed by atoms with van der Waals surface area (Å²) >= 11 is 0. The third-order valence-corrected chi connectivity index (χ3v) is 3.73. The molecule has 16 heavy (non-hydrogen) atoms. The lowest BCUT2D eigenvalue weighted by Gasteiger charge is -2.34. The molecule has 1 atom stereocenters. The van der Waals surface area contributed by atoms with Crippen LogP contribution >= 0.6 is 0 Å². The first-order valence-corrected chi connectivity index (χ1v) is 7.32. The van der Waals surface area contributed by atoms with E-state index in [4.69, 9.17) is 0 Å². The first kappa shape index (κ1) is 16.0. The highest BCUT2D eigenvalue weighted by molar-refractivity contribution is 4.76. The minimum Gasteiger partial charge on any atom is -0.306 e. The van der Waals surface area contributed by atoms with Crippen molar-refractivity contribution >= 4 is 0 Å². The quantitative estimate of drug-likeness (QED) is 0.687. The Morgan fingerprint density at radius 2 is 1.62 bits per heavy atom. The van der Waals surface area contributed by atoms with Crippen LogP contribution in [0.3, 0.4) is 0 Å². The van der Waals surface area contributed by atoms with Crippen molar-refractivity contribution in [2.45, 2.75) is 60.3 Å². The summed E-state index contributed by atoms with van der Waals surface area (Å²) in [4.78, 5) is 2.47. The van der Waals surface area contributed by atoms with Gasteiger partial charge in [-0.15, -0.1) is 0 Å². The lowest BCUT2D eigenvalue weighted by Crippen LogP contribution is -2.33. The molecule has 1 unspecified atom stereocenters. The standard InChI is InChI=1S/C13H27N.C2H6/c1-5-12(10-11(2)3)13-6-8-14(4)9-7-13;1-2/h11-13H,5-10H2,1-4H3;1-2H3. The topological polar surface area (TPSA) is 3.24 Å². The number of hydrogen-bond acceptors (Lipinski definition) is 1. The molecule has 1 saturated heterocycles. The SMILES string of the molecule is CC.CCC(CC(C)C)C1CCN(C)CC1. The molecular weight excluding hydrogens is 194 g/mol. The van der Waals surface area contributed by atoms with E-state index in [1.54, 1.807) is 0 Å². The monoisotopic (exact) mass is 227 g/mol. The molecule has 0 saturated carbocycles. The zero-order valence-electron chi connectivity index (χ0n) is 12.4. The molecule has 0 bridgehead atoms. The largest absolute Gasteiger partial charge is 0.306 e. The van der Waals surface area contributed by atoms with Gasteiger partial charge in [-0.25, -0.2) is 0 Å². The second-order valence-corrected chi connectivity index (χ2v) is 5.44. The number of nitrogens with zero attached hydrogens (tertiary/aromatic N) is 1. The zero-order valence-corrected chi connectivity index (χ0v) is 12.4. The van der Waals surface area contributed by atoms with Crippen molar-refractivity contribution in [3.05, 3.63) is 0 Å². The Morgan fingerprint density at radius 3 is 2.00 bits per heavy atom. The molecule has 0 aromatic rings. The summed E-state index contributed by atoms with van der Waals surface area (Å²) in [6.07, 6.45) is 5.68. The fourth-order valence-electron chi connectivity index (χ4n) is 2.80. The summed E-state index contributed by atoms with van der Waals surface area (Å²) in [5, 5.41) is 0. The van der Waals surface area contributed by atoms with Gasteiger partial charge in [-0.1, -0.05) is 41.0 Å². The van der Waals surface area contributed by atoms with Gasteiger partial charge in [-0.3, -0.25) is 0 Å². The lowest BCUT2D eigenvalue weighted by atomic mass is 9.78. The van der Waals surface area contributed by atoms with E-state index in [1.807, 2.05) is 13.8 Å². The fraction of sp³-hybridized carbons (Fsp3) is 1.00. The Morgan fingerprint density at radius 1 is 1.12 bits per heavy atom. The van der Waals surface area contributed by atoms with Gasteiger partial charge in [-0.2, -0.15) is 0 Å². The maximum Gasteiger partial charge on any atom is -0.00190 e. The molecule has 0 spiro atoms. The third-order valence-electron chi connectivity index (χ3n) is 3.73. The Hall–Kier alpha value is -0.0400. The van der Waals surface area contributed by atoms with Gasteiger partial charge < -0.3 is 4.90 Å². The molecule has 1 aliphatic rings. The number of rotatable bonds is 4. The van der Waals surface area contributed by atoms with Gasteiger partial charge in [-0.05, 0) is 57.2 Å². The van der Waals surface area contributed by atoms with E-state index in [1.165, 1.54) is 38.8 Å². The molecule has 0 aliphatic carbocycles. The minimum atomic E-state index is 0.875. The van der Waals surface area contributed by atoms with Gasteiger partial charge in [0.25, 0.3) is 0 Å². The van der Waals surface area contributed by atoms with E-state index in [2.05, 4.69) is 32.7 Å². The second-order valence-electron chi connectivity index (χ2n) is 5.44. The van der Waals surface area contributed by atoms with Crippen molar-refractivity contribution in [3.63, 3.8) is 0 Å². The molecule has 0 aromatic carbocycles. The van der Waals surface area contributed by atoms with Crippen molar-refractivity contribution in [3.8, 4) is 0 Å². The minimum absolute atomic E-state index is 0.875. The summed E-state index contributed by atoms with van der Waals surface area (Å²) < 4.78 is 0. The number of hydrogen-bond donors (Lipinski definition) is 0. The van der Waals surface area contributed by atoms with Crippen LogP contribution in [-0.2, 0) is 0 Å². The molecule has 1 aliphatic heterocycles. The van der Waals surface area contributed by atoms with Gasteiger partial charge in [0, 0.05) is 0 Å². The highest BCUT2D eigenvalue weighted by atomic mass is 15.1. The Balaban J connectivity index is 0.00000106. The third kappa shape index (κ3) is 5.89. The average Bonchev–Trinajstić information content (AvgIpc) is 2.29. The van der Waals surface area contributed by atoms with Crippen molar-refractivity contribution in [2.24, 2.45) is 17.8 Å². The zero-order chi connectivity index (χ0) is 12.6. The van der Waals surface area contributed by atoms with E-state index in [-0.39, 0.29) is 0 Å². The van der Waals surface area contributed by atoms with Crippen LogP contribution in [0, 0.1) is 17.8 Å². The Labute approximate surface area is 104 Å². The van der Waals surface area contributed by atoms with Crippen LogP contribution < -0.4 is 0 Å². The van der Waals surface area contributed by atoms with Crippen molar-refractivity contribution in [1.29, 1.82) is 0 Å². The van der Waals surface area contributed by atoms with Crippen LogP contribution in [0.2, 0.25) is 0 Å². The van der Waals surface area contributed by atoms with Crippen LogP contribution in [-0.4, -0.2) is 25.0 Å². The molecule has 0 radical (unpaired) electrons. The average molecular weight is 227 g/mol. The molecule has 0 aromatic heterocycles. The molecule has 1 fully saturated rings. The summed E-state index contributed by atoms with van der Waals surface area (Å²) in [5.74, 6) is 2.88. The van der Waals surface area contributed by atoms with Gasteiger partial charge in [0.15, 0.2) is 0 Å². The van der Waals surface area contributed by atoms with Crippen molar-refractivity contribution in [1.82, 2.24) is 4.90 Å². The highest BCUT2D eigenvalue weighted by Crippen LogP contribution is 2.31. The maximum atomic E-state index is 2.47. The molecule has 0 N–H and O–H groups in total. The van der Waals surface area contributed by atoms with Crippen LogP contribution in [0.5, 0.6) is 0 Å². The van der Waals surface area contributed by atoms with E-state index >= 15 is 0 Å². The van der Waals surface area contributed by atoms with Crippen molar-refractivity contribution < 1.29 is 0 Å². The van der Waals surface area contributed by atoms with E-state index in [9.17, 15) is 0 Å². The smallest absolute Gasteiger partial charge is 0.00190 e. The van der Waals surface area contributed by atoms with Gasteiger partial charge in [0.1, 0.15) is 0 Å². The predicted molar refractivity (Wildman–Crippen MR) is 74.8 cm³/mol. The van der Waals surface area contributed by atoms with Crippen LogP contribution in [0.1, 0.15) is 60.3 Å². The highest BCUT2D eigenvalue weighted by Gasteiger charge is 2.24. The van der Waals surface area contributed by atoms with E-state index in [0.29, 0.717) is 0 Å². The normalized spacial score (nSPS) is 20.4. The molecule has 98 valence electrons. The summed E-state index contributed by atoms with van der Waals surface area (Å²) in [7, 11) is 2.25. The molecule has 1 nitrogen and oxygen atoms in total. The van der Waals surface area contributed by atoms with Crippen LogP contribution in [0.4, 0.5) is 0 Å². The number of likely N-dealkylation sites (tertiary alicyclic amines) is 1. The molecule has 0 amide bonds. The molecule has 1 heterocycles. The van der Waals surface area contributed by atoms with Crippen LogP contribution in [0.15, 0.2) is 0 Å². The molecule has 1 rings (SSSR count). The van der Waals surface area contributed by atoms with Gasteiger partial charge in [0.2, 0.25) is 0 Å². The van der Waals surface area contributed by atoms with E-state index in [0.717, 1.165) is 17.8 Å². The van der Waals surface area contributed by atoms with Crippen molar-refractivity contribution in [2.75, 3.05) is 20.1 Å². The summed E-state index contributed by atoms with van der Waals surface area (Å²) in [6.45, 7) is 13.7. The fourth-order valence-corrected chi connectivity index (χ4v) is 2.80. The van der Waals surface area contributed by atoms with Crippen LogP contribution in [0.25, 0.3) is 0 Å². The summed E-state index contributed by atoms with van der Waals surface area (Å²) in [6, 6.07) is 0. The number of piperidine rings is 1. The predicted octanol–water partition coefficient (Wildman–Crippen LogP) is 4.43. The Bertz CT molecular complexity index is 146. The summed E-state index contributed by atoms with van der Waals surface area (Å²) in [5.41, 5.74) is 0. The van der Waals surface area contributed by atoms with Gasteiger partial charge >= 0.3 is 0 Å². The van der Waals surface area contributed by atoms with E-state index < -0.39 is 0 Å². The molecular formula is C15H33N. The first-order chi connectivity index (χ1) is 7.63. The first-order valence-electron chi connectivity index (χ1n) is 7.32.